The van der Waals surface area contributed by atoms with Gasteiger partial charge in [0.2, 0.25) is 0 Å². The van der Waals surface area contributed by atoms with E-state index in [9.17, 15) is 77.6 Å². The molecule has 1 fully saturated rings. The number of nitrogens with zero attached hydrogens (tertiary/aromatic N) is 3. The van der Waals surface area contributed by atoms with Gasteiger partial charge >= 0.3 is 484 Å². The number of nitrogens with one attached hydrogen (secondary N) is 11. The summed E-state index contributed by atoms with van der Waals surface area (Å²) in [5.41, 5.74) is 22.8. The van der Waals surface area contributed by atoms with Gasteiger partial charge in [0.1, 0.15) is 5.75 Å². The molecule has 1 saturated heterocycles. The van der Waals surface area contributed by atoms with Gasteiger partial charge in [-0.15, -0.1) is 0 Å². The molecule has 1 aromatic carbocycles. The van der Waals surface area contributed by atoms with Gasteiger partial charge in [-0.05, 0) is 0 Å². The van der Waals surface area contributed by atoms with Crippen LogP contribution in [0.15, 0.2) is 41.8 Å². The van der Waals surface area contributed by atoms with E-state index < -0.39 is 163 Å². The van der Waals surface area contributed by atoms with Gasteiger partial charge in [-0.1, -0.05) is 0 Å². The number of carboxylic acid groups (broad SMARTS) is 1. The Bertz CT molecular complexity index is 2800. The summed E-state index contributed by atoms with van der Waals surface area (Å²) in [6, 6.07) is -9.75. The normalized spacial score (nSPS) is 16.1. The second kappa shape index (κ2) is 38.1. The van der Waals surface area contributed by atoms with E-state index in [4.69, 9.17) is 22.9 Å². The number of likely N-dealkylation sites (tertiary alicyclic amines) is 1. The quantitative estimate of drug-likeness (QED) is 0.0129. The minimum atomic E-state index is -1.70. The zero-order chi connectivity index (χ0) is 65.8. The van der Waals surface area contributed by atoms with Crippen LogP contribution >= 0.6 is 0 Å². The zero-order valence-corrected chi connectivity index (χ0v) is 54.2. The number of rotatable bonds is 37. The number of aromatic amines is 1. The molecule has 0 aliphatic carbocycles. The number of carbonyl (C=O) groups is 13. The molecule has 1 aliphatic heterocycles. The van der Waals surface area contributed by atoms with E-state index in [0.29, 0.717) is 17.7 Å². The Morgan fingerprint density at radius 2 is 1.20 bits per heavy atom. The fourth-order valence-corrected chi connectivity index (χ4v) is 10.0. The molecule has 0 bridgehead atoms. The van der Waals surface area contributed by atoms with Crippen molar-refractivity contribution in [3.05, 3.63) is 48.0 Å². The van der Waals surface area contributed by atoms with Crippen LogP contribution in [-0.2, 0) is 75.2 Å². The van der Waals surface area contributed by atoms with Crippen molar-refractivity contribution in [2.45, 2.75) is 140 Å². The van der Waals surface area contributed by atoms with Crippen molar-refractivity contribution in [1.29, 1.82) is 0 Å². The third-order valence-corrected chi connectivity index (χ3v) is 15.8. The number of phenolic OH excluding ortho intramolecular Hbond substituents is 1. The van der Waals surface area contributed by atoms with E-state index in [1.165, 1.54) is 43.7 Å². The summed E-state index contributed by atoms with van der Waals surface area (Å²) in [6.45, 7) is -0.477. The van der Waals surface area contributed by atoms with Crippen LogP contribution in [0.3, 0.4) is 0 Å². The Hall–Kier alpha value is -7.39. The maximum absolute atomic E-state index is 14.3. The van der Waals surface area contributed by atoms with Crippen LogP contribution in [0.25, 0.3) is 0 Å². The van der Waals surface area contributed by atoms with Crippen LogP contribution in [0.2, 0.25) is 21.3 Å². The summed E-state index contributed by atoms with van der Waals surface area (Å²) in [4.78, 5) is 184. The van der Waals surface area contributed by atoms with Crippen LogP contribution in [0.4, 0.5) is 0 Å². The molecule has 34 nitrogen and oxygen atoms in total. The summed E-state index contributed by atoms with van der Waals surface area (Å²) in [7, 11) is 0. The summed E-state index contributed by atoms with van der Waals surface area (Å²) < 4.78 is 0. The molecule has 12 amide bonds. The number of aliphatic imine (C=N–C) groups is 1. The topological polar surface area (TPSA) is 551 Å². The fraction of sp³-hybridized carbons (Fsp3) is 0.540. The van der Waals surface area contributed by atoms with E-state index in [1.807, 2.05) is 0 Å². The van der Waals surface area contributed by atoms with Gasteiger partial charge < -0.3 is 21.6 Å². The predicted molar refractivity (Wildman–Crippen MR) is 314 cm³/mol. The van der Waals surface area contributed by atoms with Crippen molar-refractivity contribution in [2.75, 3.05) is 26.2 Å². The molecule has 11 atom stereocenters. The number of nitrogens with two attached hydrogens (primary N) is 4. The average molecular weight is 1500 g/mol. The molecule has 0 unspecified atom stereocenters. The third kappa shape index (κ3) is 25.0. The standard InChI is InChI=1S/C50H72N18O16Se4/c1-23(59-47(81)36-5-3-11-68(36)48(82)31(14-37(52)71)63-46(80)34(20-87)66-40(74)27(51)18-85)39(73)65-33(19-86)41(75)57-16-38(72)60-28(4-2-10-56-50(53)54)42(76)62-30(13-25-15-55-22-58-25)44(78)61-29(12-24-6-8-26(70)9-7-24)43(77)64-32(17-69)45(79)67-35(21-88)49(83)84/h6-9,15,22-23,27-36,69-70H,2-5,10-14,16-21,51H2,1H3,(H2,52,71)(H,55,58)(H,57,75)(H,59,81)(H,60,72)(H,61,78)(H,62,76)(H,63,80)(H,64,77)(H,65,73)(H,66,74)(H,67,79)(H,83,84)(H4,53,54,56)/t23-,27-,28-,29-,30-,31-,32-,33-,34-,35-,36-/m0/s1. The first kappa shape index (κ1) is 74.9. The van der Waals surface area contributed by atoms with Gasteiger partial charge in [0.15, 0.2) is 5.96 Å². The molecular formula is C50H72N18O16Se4. The molecule has 0 spiro atoms. The summed E-state index contributed by atoms with van der Waals surface area (Å²) in [5, 5.41) is 53.5. The van der Waals surface area contributed by atoms with Crippen molar-refractivity contribution in [2.24, 2.45) is 27.9 Å². The molecule has 3 rings (SSSR count). The van der Waals surface area contributed by atoms with Gasteiger partial charge in [-0.3, -0.25) is 0 Å². The number of primary amides is 1. The average Bonchev–Trinajstić information content (AvgIpc) is 4.42. The molecule has 38 heteroatoms. The van der Waals surface area contributed by atoms with Crippen LogP contribution in [0, 0.1) is 0 Å². The number of aromatic hydroxyl groups is 1. The van der Waals surface area contributed by atoms with Crippen molar-refractivity contribution >= 4 is 147 Å². The van der Waals surface area contributed by atoms with Gasteiger partial charge in [0, 0.05) is 11.9 Å². The fourth-order valence-electron chi connectivity index (χ4n) is 8.24. The second-order valence-corrected chi connectivity index (χ2v) is 22.5. The molecule has 1 aromatic heterocycles. The molecule has 0 saturated carbocycles. The van der Waals surface area contributed by atoms with Crippen LogP contribution in [0.5, 0.6) is 5.75 Å². The summed E-state index contributed by atoms with van der Waals surface area (Å²) >= 11 is 10.3. The monoisotopic (exact) mass is 1500 g/mol. The predicted octanol–water partition coefficient (Wildman–Crippen LogP) is -9.93. The van der Waals surface area contributed by atoms with Crippen molar-refractivity contribution in [1.82, 2.24) is 68.0 Å². The van der Waals surface area contributed by atoms with E-state index in [-0.39, 0.29) is 78.2 Å². The number of aliphatic carboxylic acids is 1. The number of guanidine groups is 1. The van der Waals surface area contributed by atoms with Gasteiger partial charge in [-0.25, -0.2) is 4.98 Å². The Kier molecular flexibility index (Phi) is 32.4. The Balaban J connectivity index is 1.75. The van der Waals surface area contributed by atoms with E-state index in [2.05, 4.69) is 132 Å². The second-order valence-electron chi connectivity index (χ2n) is 19.8. The Morgan fingerprint density at radius 3 is 1.76 bits per heavy atom. The molecule has 88 heavy (non-hydrogen) atoms. The number of aromatic nitrogens is 2. The number of H-pyrrole nitrogens is 1. The molecule has 482 valence electrons. The maximum atomic E-state index is 14.3. The minimum absolute atomic E-state index is 0.0185. The molecule has 1 aliphatic rings. The number of hydrogen-bond acceptors (Lipinski definition) is 18. The Morgan fingerprint density at radius 1 is 0.670 bits per heavy atom. The Labute approximate surface area is 537 Å². The molecule has 2 heterocycles. The molecule has 2 aromatic rings. The number of phenols is 1. The number of imidazole rings is 1. The first-order valence-electron chi connectivity index (χ1n) is 27.0. The van der Waals surface area contributed by atoms with Gasteiger partial charge in [0.05, 0.1) is 6.33 Å². The summed E-state index contributed by atoms with van der Waals surface area (Å²) in [5.74, 6) is -12.6. The van der Waals surface area contributed by atoms with Crippen molar-refractivity contribution < 1.29 is 77.6 Å². The first-order chi connectivity index (χ1) is 41.7. The van der Waals surface area contributed by atoms with Crippen LogP contribution < -0.4 is 76.1 Å². The number of hydrogen-bond donors (Lipinski definition) is 18. The number of amides is 12. The van der Waals surface area contributed by atoms with Gasteiger partial charge in [-0.2, -0.15) is 0 Å². The van der Waals surface area contributed by atoms with E-state index in [0.717, 1.165) is 4.90 Å². The third-order valence-electron chi connectivity index (χ3n) is 13.0. The molecule has 4 radical (unpaired) electrons. The number of aliphatic hydroxyl groups excluding tert-OH is 1. The van der Waals surface area contributed by atoms with Crippen molar-refractivity contribution in [3.63, 3.8) is 0 Å². The van der Waals surface area contributed by atoms with E-state index >= 15 is 0 Å². The van der Waals surface area contributed by atoms with E-state index in [1.54, 1.807) is 0 Å². The van der Waals surface area contributed by atoms with Crippen LogP contribution in [0.1, 0.15) is 50.3 Å². The number of benzene rings is 1. The number of aliphatic hydroxyl groups is 1. The zero-order valence-electron chi connectivity index (χ0n) is 47.4. The molecule has 22 N–H and O–H groups in total. The number of carboxylic acids is 1. The SMILES string of the molecule is C[C@H](NC(=O)[C@@H]1CCCN1C(=O)[C@H](CC(N)=O)NC(=O)[C@H](C[Se])NC(=O)[C@@H](N)C[Se])C(=O)N[C@@H](C[Se])C(=O)NCC(=O)N[C@@H](CCCN=C(N)N)C(=O)N[C@@H](Cc1cnc[nH]1)C(=O)N[C@@H](Cc1ccc(O)cc1)C(=O)N[C@@H](CO)C(=O)N[C@@H](C[Se])C(=O)O. The molecular weight excluding hydrogens is 1420 g/mol. The van der Waals surface area contributed by atoms with Gasteiger partial charge in [0.25, 0.3) is 0 Å². The number of carbonyl (C=O) groups excluding carboxylic acids is 12. The first-order valence-corrected chi connectivity index (χ1v) is 31.8. The summed E-state index contributed by atoms with van der Waals surface area (Å²) in [6.07, 6.45) is 1.75. The van der Waals surface area contributed by atoms with Crippen LogP contribution in [-0.4, -0.2) is 270 Å². The van der Waals surface area contributed by atoms with Crippen molar-refractivity contribution in [3.8, 4) is 5.75 Å².